The molecule has 1 fully saturated rings. The molecule has 1 amide bonds. The van der Waals surface area contributed by atoms with E-state index in [4.69, 9.17) is 9.47 Å². The number of rotatable bonds is 9. The number of hydrogen-bond acceptors (Lipinski definition) is 5. The minimum atomic E-state index is -0.695. The molecule has 1 aliphatic rings. The largest absolute Gasteiger partial charge is 0.507 e. The van der Waals surface area contributed by atoms with Gasteiger partial charge in [0.25, 0.3) is 11.7 Å². The number of ether oxygens (including phenoxy) is 2. The molecule has 1 unspecified atom stereocenters. The molecule has 0 bridgehead atoms. The highest BCUT2D eigenvalue weighted by molar-refractivity contribution is 9.10. The van der Waals surface area contributed by atoms with E-state index >= 15 is 0 Å². The number of nitrogens with zero attached hydrogens (tertiary/aromatic N) is 1. The van der Waals surface area contributed by atoms with Crippen LogP contribution in [0.15, 0.2) is 58.6 Å². The molecule has 2 aromatic carbocycles. The second-order valence-corrected chi connectivity index (χ2v) is 8.19. The average Bonchev–Trinajstić information content (AvgIpc) is 3.02. The van der Waals surface area contributed by atoms with Gasteiger partial charge < -0.3 is 19.5 Å². The molecule has 1 saturated heterocycles. The molecule has 1 N–H and O–H groups in total. The highest BCUT2D eigenvalue weighted by Gasteiger charge is 2.45. The highest BCUT2D eigenvalue weighted by atomic mass is 79.9. The van der Waals surface area contributed by atoms with Crippen LogP contribution in [0.3, 0.4) is 0 Å². The number of Topliss-reactive ketones (excluding diaryl/α,β-unsaturated/α-hetero) is 1. The smallest absolute Gasteiger partial charge is 0.295 e. The van der Waals surface area contributed by atoms with Crippen molar-refractivity contribution in [3.8, 4) is 5.75 Å². The Bertz CT molecular complexity index is 987. The fourth-order valence-corrected chi connectivity index (χ4v) is 4.04. The number of likely N-dealkylation sites (tertiary alicyclic amines) is 1. The Balaban J connectivity index is 2.08. The summed E-state index contributed by atoms with van der Waals surface area (Å²) in [6, 6.07) is 13.7. The molecule has 0 aliphatic carbocycles. The van der Waals surface area contributed by atoms with Gasteiger partial charge in [-0.2, -0.15) is 0 Å². The minimum Gasteiger partial charge on any atom is -0.507 e. The Morgan fingerprint density at radius 2 is 1.90 bits per heavy atom. The number of carbonyl (C=O) groups is 2. The quantitative estimate of drug-likeness (QED) is 0.240. The summed E-state index contributed by atoms with van der Waals surface area (Å²) in [6.45, 7) is 3.36. The van der Waals surface area contributed by atoms with Crippen LogP contribution in [0.5, 0.6) is 5.75 Å². The zero-order chi connectivity index (χ0) is 22.4. The van der Waals surface area contributed by atoms with Crippen molar-refractivity contribution < 1.29 is 24.2 Å². The van der Waals surface area contributed by atoms with Gasteiger partial charge in [0.05, 0.1) is 18.2 Å². The first-order chi connectivity index (χ1) is 15.0. The van der Waals surface area contributed by atoms with Crippen molar-refractivity contribution in [1.29, 1.82) is 0 Å². The van der Waals surface area contributed by atoms with Crippen molar-refractivity contribution in [2.75, 3.05) is 26.9 Å². The SMILES string of the molecule is CCCOc1cccc(C(O)=C2C(=O)C(=O)N(CCCOC)C2c2cccc(Br)c2)c1. The summed E-state index contributed by atoms with van der Waals surface area (Å²) in [7, 11) is 1.59. The number of benzene rings is 2. The summed E-state index contributed by atoms with van der Waals surface area (Å²) in [5, 5.41) is 11.1. The number of amides is 1. The molecule has 164 valence electrons. The lowest BCUT2D eigenvalue weighted by molar-refractivity contribution is -0.140. The van der Waals surface area contributed by atoms with Crippen LogP contribution in [0.25, 0.3) is 5.76 Å². The summed E-state index contributed by atoms with van der Waals surface area (Å²) in [5.41, 5.74) is 1.25. The normalized spacial score (nSPS) is 17.9. The van der Waals surface area contributed by atoms with Crippen LogP contribution in [0, 0.1) is 0 Å². The molecule has 0 spiro atoms. The summed E-state index contributed by atoms with van der Waals surface area (Å²) < 4.78 is 11.6. The molecule has 7 heteroatoms. The van der Waals surface area contributed by atoms with E-state index in [0.717, 1.165) is 16.5 Å². The van der Waals surface area contributed by atoms with Crippen LogP contribution in [-0.4, -0.2) is 48.6 Å². The number of halogens is 1. The van der Waals surface area contributed by atoms with Gasteiger partial charge in [-0.05, 0) is 42.7 Å². The Kier molecular flexibility index (Phi) is 7.87. The number of aliphatic hydroxyl groups is 1. The van der Waals surface area contributed by atoms with Crippen molar-refractivity contribution in [1.82, 2.24) is 4.90 Å². The molecule has 3 rings (SSSR count). The first-order valence-corrected chi connectivity index (χ1v) is 11.0. The van der Waals surface area contributed by atoms with Gasteiger partial charge in [0.1, 0.15) is 11.5 Å². The molecule has 31 heavy (non-hydrogen) atoms. The maximum absolute atomic E-state index is 13.0. The van der Waals surface area contributed by atoms with E-state index in [1.54, 1.807) is 31.4 Å². The van der Waals surface area contributed by atoms with E-state index in [1.807, 2.05) is 31.2 Å². The zero-order valence-corrected chi connectivity index (χ0v) is 19.2. The monoisotopic (exact) mass is 487 g/mol. The van der Waals surface area contributed by atoms with Gasteiger partial charge in [-0.15, -0.1) is 0 Å². The first kappa shape index (κ1) is 23.0. The fraction of sp³-hybridized carbons (Fsp3) is 0.333. The third-order valence-corrected chi connectivity index (χ3v) is 5.53. The molecule has 0 saturated carbocycles. The van der Waals surface area contributed by atoms with Crippen molar-refractivity contribution in [3.63, 3.8) is 0 Å². The lowest BCUT2D eigenvalue weighted by Gasteiger charge is -2.25. The lowest BCUT2D eigenvalue weighted by Crippen LogP contribution is -2.31. The molecular weight excluding hydrogens is 462 g/mol. The van der Waals surface area contributed by atoms with Crippen molar-refractivity contribution >= 4 is 33.4 Å². The summed E-state index contributed by atoms with van der Waals surface area (Å²) in [5.74, 6) is -0.931. The molecule has 1 atom stereocenters. The Morgan fingerprint density at radius 3 is 2.61 bits per heavy atom. The minimum absolute atomic E-state index is 0.0770. The third-order valence-electron chi connectivity index (χ3n) is 5.03. The van der Waals surface area contributed by atoms with Crippen LogP contribution in [0.1, 0.15) is 36.9 Å². The second-order valence-electron chi connectivity index (χ2n) is 7.27. The van der Waals surface area contributed by atoms with E-state index in [1.165, 1.54) is 4.90 Å². The van der Waals surface area contributed by atoms with Gasteiger partial charge in [0.15, 0.2) is 0 Å². The van der Waals surface area contributed by atoms with E-state index in [0.29, 0.717) is 37.5 Å². The summed E-state index contributed by atoms with van der Waals surface area (Å²) in [4.78, 5) is 27.4. The summed E-state index contributed by atoms with van der Waals surface area (Å²) in [6.07, 6.45) is 1.43. The molecule has 6 nitrogen and oxygen atoms in total. The van der Waals surface area contributed by atoms with Crippen LogP contribution in [0.4, 0.5) is 0 Å². The predicted octanol–water partition coefficient (Wildman–Crippen LogP) is 4.70. The standard InChI is InChI=1S/C24H26BrNO5/c1-3-12-31-19-10-5-8-17(15-19)22(27)20-21(16-7-4-9-18(25)14-16)26(11-6-13-30-2)24(29)23(20)28/h4-5,7-10,14-15,21,27H,3,6,11-13H2,1-2H3. The van der Waals surface area contributed by atoms with Crippen LogP contribution >= 0.6 is 15.9 Å². The van der Waals surface area contributed by atoms with E-state index in [2.05, 4.69) is 15.9 Å². The molecule has 2 aromatic rings. The topological polar surface area (TPSA) is 76.1 Å². The van der Waals surface area contributed by atoms with Crippen molar-refractivity contribution in [3.05, 3.63) is 69.7 Å². The predicted molar refractivity (Wildman–Crippen MR) is 122 cm³/mol. The van der Waals surface area contributed by atoms with E-state index < -0.39 is 17.7 Å². The van der Waals surface area contributed by atoms with Crippen LogP contribution < -0.4 is 4.74 Å². The first-order valence-electron chi connectivity index (χ1n) is 10.2. The van der Waals surface area contributed by atoms with Gasteiger partial charge in [0.2, 0.25) is 0 Å². The zero-order valence-electron chi connectivity index (χ0n) is 17.6. The van der Waals surface area contributed by atoms with Crippen molar-refractivity contribution in [2.24, 2.45) is 0 Å². The van der Waals surface area contributed by atoms with E-state index in [9.17, 15) is 14.7 Å². The van der Waals surface area contributed by atoms with Gasteiger partial charge >= 0.3 is 0 Å². The molecule has 0 radical (unpaired) electrons. The third kappa shape index (κ3) is 5.17. The van der Waals surface area contributed by atoms with Gasteiger partial charge in [-0.25, -0.2) is 0 Å². The number of aliphatic hydroxyl groups excluding tert-OH is 1. The molecule has 0 aromatic heterocycles. The average molecular weight is 488 g/mol. The van der Waals surface area contributed by atoms with Crippen LogP contribution in [-0.2, 0) is 14.3 Å². The van der Waals surface area contributed by atoms with Crippen molar-refractivity contribution in [2.45, 2.75) is 25.8 Å². The maximum Gasteiger partial charge on any atom is 0.295 e. The number of ketones is 1. The second kappa shape index (κ2) is 10.6. The molecular formula is C24H26BrNO5. The van der Waals surface area contributed by atoms with Crippen LogP contribution in [0.2, 0.25) is 0 Å². The maximum atomic E-state index is 13.0. The van der Waals surface area contributed by atoms with Gasteiger partial charge in [-0.1, -0.05) is 47.1 Å². The fourth-order valence-electron chi connectivity index (χ4n) is 3.62. The Hall–Kier alpha value is -2.64. The summed E-state index contributed by atoms with van der Waals surface area (Å²) >= 11 is 3.46. The highest BCUT2D eigenvalue weighted by Crippen LogP contribution is 2.40. The van der Waals surface area contributed by atoms with Gasteiger partial charge in [-0.3, -0.25) is 9.59 Å². The lowest BCUT2D eigenvalue weighted by atomic mass is 9.95. The number of hydrogen-bond donors (Lipinski definition) is 1. The Morgan fingerprint density at radius 1 is 1.13 bits per heavy atom. The van der Waals surface area contributed by atoms with Gasteiger partial charge in [0, 0.05) is 30.3 Å². The Labute approximate surface area is 190 Å². The van der Waals surface area contributed by atoms with E-state index in [-0.39, 0.29) is 11.3 Å². The number of methoxy groups -OCH3 is 1. The molecule has 1 aliphatic heterocycles. The molecule has 1 heterocycles. The number of carbonyl (C=O) groups excluding carboxylic acids is 2.